The summed E-state index contributed by atoms with van der Waals surface area (Å²) in [6.45, 7) is 3.73. The van der Waals surface area contributed by atoms with Crippen molar-refractivity contribution in [3.63, 3.8) is 0 Å². The van der Waals surface area contributed by atoms with Gasteiger partial charge < -0.3 is 4.90 Å². The molecule has 6 heteroatoms. The van der Waals surface area contributed by atoms with E-state index in [0.29, 0.717) is 21.7 Å². The van der Waals surface area contributed by atoms with Gasteiger partial charge in [0.05, 0.1) is 10.0 Å². The fraction of sp³-hybridized carbons (Fsp3) is 0.412. The molecule has 1 aromatic heterocycles. The average Bonchev–Trinajstić information content (AvgIpc) is 3.22. The van der Waals surface area contributed by atoms with Crippen LogP contribution >= 0.6 is 34.5 Å². The normalized spacial score (nSPS) is 14.0. The van der Waals surface area contributed by atoms with Crippen LogP contribution in [0.5, 0.6) is 0 Å². The Hall–Kier alpha value is -1.10. The highest BCUT2D eigenvalue weighted by Gasteiger charge is 2.27. The quantitative estimate of drug-likeness (QED) is 0.685. The molecule has 0 saturated heterocycles. The third-order valence-electron chi connectivity index (χ3n) is 3.85. The molecule has 1 heterocycles. The molecule has 2 aromatic rings. The molecule has 122 valence electrons. The topological polar surface area (TPSA) is 33.2 Å². The van der Waals surface area contributed by atoms with Crippen molar-refractivity contribution in [3.05, 3.63) is 39.3 Å². The molecule has 1 aliphatic carbocycles. The number of rotatable bonds is 6. The Morgan fingerprint density at radius 3 is 2.78 bits per heavy atom. The van der Waals surface area contributed by atoms with Gasteiger partial charge in [0.25, 0.3) is 5.91 Å². The van der Waals surface area contributed by atoms with Gasteiger partial charge in [-0.2, -0.15) is 0 Å². The summed E-state index contributed by atoms with van der Waals surface area (Å²) in [7, 11) is 0. The Labute approximate surface area is 150 Å². The summed E-state index contributed by atoms with van der Waals surface area (Å²) < 4.78 is 0. The van der Waals surface area contributed by atoms with Crippen LogP contribution in [0.1, 0.15) is 36.7 Å². The molecule has 3 nitrogen and oxygen atoms in total. The van der Waals surface area contributed by atoms with E-state index in [4.69, 9.17) is 23.2 Å². The van der Waals surface area contributed by atoms with Gasteiger partial charge in [-0.05, 0) is 37.3 Å². The van der Waals surface area contributed by atoms with Gasteiger partial charge in [0.15, 0.2) is 0 Å². The van der Waals surface area contributed by atoms with E-state index >= 15 is 0 Å². The zero-order valence-corrected chi connectivity index (χ0v) is 15.2. The number of hydrogen-bond donors (Lipinski definition) is 0. The fourth-order valence-electron chi connectivity index (χ4n) is 2.45. The molecule has 1 aromatic carbocycles. The molecule has 0 N–H and O–H groups in total. The van der Waals surface area contributed by atoms with Crippen LogP contribution in [0, 0.1) is 5.92 Å². The number of thiazole rings is 1. The van der Waals surface area contributed by atoms with Gasteiger partial charge in [0, 0.05) is 24.0 Å². The molecule has 0 bridgehead atoms. The maximum Gasteiger partial charge on any atom is 0.273 e. The molecule has 1 fully saturated rings. The summed E-state index contributed by atoms with van der Waals surface area (Å²) in [6.07, 6.45) is 3.43. The second-order valence-electron chi connectivity index (χ2n) is 5.86. The van der Waals surface area contributed by atoms with E-state index in [9.17, 15) is 4.79 Å². The predicted octanol–water partition coefficient (Wildman–Crippen LogP) is 5.38. The molecule has 0 spiro atoms. The summed E-state index contributed by atoms with van der Waals surface area (Å²) in [5.74, 6) is 0.708. The first-order valence-corrected chi connectivity index (χ1v) is 9.42. The smallest absolute Gasteiger partial charge is 0.273 e. The minimum atomic E-state index is 0.0290. The molecule has 23 heavy (non-hydrogen) atoms. The van der Waals surface area contributed by atoms with Crippen LogP contribution in [0.3, 0.4) is 0 Å². The van der Waals surface area contributed by atoms with Gasteiger partial charge in [-0.25, -0.2) is 4.98 Å². The number of carbonyl (C=O) groups is 1. The zero-order valence-electron chi connectivity index (χ0n) is 12.9. The van der Waals surface area contributed by atoms with E-state index in [1.165, 1.54) is 24.2 Å². The summed E-state index contributed by atoms with van der Waals surface area (Å²) in [4.78, 5) is 19.1. The van der Waals surface area contributed by atoms with E-state index in [1.54, 1.807) is 12.1 Å². The van der Waals surface area contributed by atoms with Crippen LogP contribution in [0.15, 0.2) is 23.6 Å². The van der Waals surface area contributed by atoms with Crippen molar-refractivity contribution in [3.8, 4) is 10.6 Å². The number of carbonyl (C=O) groups excluding carboxylic acids is 1. The first-order chi connectivity index (χ1) is 11.1. The van der Waals surface area contributed by atoms with Crippen molar-refractivity contribution in [1.29, 1.82) is 0 Å². The molecule has 0 unspecified atom stereocenters. The second kappa shape index (κ2) is 7.20. The molecule has 0 atom stereocenters. The second-order valence-corrected chi connectivity index (χ2v) is 7.53. The summed E-state index contributed by atoms with van der Waals surface area (Å²) in [5.41, 5.74) is 1.40. The van der Waals surface area contributed by atoms with E-state index in [-0.39, 0.29) is 5.91 Å². The van der Waals surface area contributed by atoms with E-state index in [2.05, 4.69) is 11.9 Å². The van der Waals surface area contributed by atoms with Crippen molar-refractivity contribution in [1.82, 2.24) is 9.88 Å². The van der Waals surface area contributed by atoms with Crippen molar-refractivity contribution in [2.75, 3.05) is 13.1 Å². The first kappa shape index (κ1) is 16.7. The van der Waals surface area contributed by atoms with Crippen LogP contribution in [-0.2, 0) is 0 Å². The lowest BCUT2D eigenvalue weighted by Crippen LogP contribution is -2.33. The molecule has 1 aliphatic rings. The lowest BCUT2D eigenvalue weighted by molar-refractivity contribution is 0.0742. The number of benzene rings is 1. The third kappa shape index (κ3) is 4.06. The Kier molecular flexibility index (Phi) is 5.24. The Morgan fingerprint density at radius 2 is 2.13 bits per heavy atom. The number of amides is 1. The van der Waals surface area contributed by atoms with Crippen molar-refractivity contribution in [2.24, 2.45) is 5.92 Å². The van der Waals surface area contributed by atoms with Gasteiger partial charge in [-0.15, -0.1) is 11.3 Å². The Morgan fingerprint density at radius 1 is 1.35 bits per heavy atom. The van der Waals surface area contributed by atoms with Crippen LogP contribution in [-0.4, -0.2) is 28.9 Å². The maximum absolute atomic E-state index is 12.7. The highest BCUT2D eigenvalue weighted by molar-refractivity contribution is 7.13. The largest absolute Gasteiger partial charge is 0.337 e. The fourth-order valence-corrected chi connectivity index (χ4v) is 3.54. The number of nitrogens with zero attached hydrogens (tertiary/aromatic N) is 2. The third-order valence-corrected chi connectivity index (χ3v) is 5.48. The summed E-state index contributed by atoms with van der Waals surface area (Å²) in [6, 6.07) is 5.40. The van der Waals surface area contributed by atoms with Gasteiger partial charge in [-0.3, -0.25) is 4.79 Å². The van der Waals surface area contributed by atoms with Gasteiger partial charge in [0.2, 0.25) is 0 Å². The van der Waals surface area contributed by atoms with Crippen LogP contribution in [0.25, 0.3) is 10.6 Å². The van der Waals surface area contributed by atoms with E-state index in [1.807, 2.05) is 16.3 Å². The van der Waals surface area contributed by atoms with Crippen molar-refractivity contribution in [2.45, 2.75) is 26.2 Å². The maximum atomic E-state index is 12.7. The van der Waals surface area contributed by atoms with Gasteiger partial charge >= 0.3 is 0 Å². The van der Waals surface area contributed by atoms with E-state index < -0.39 is 0 Å². The zero-order chi connectivity index (χ0) is 16.4. The standard InChI is InChI=1S/C17H18Cl2N2OS/c1-2-7-21(9-11-3-4-11)17(22)15-10-23-16(20-15)12-5-6-13(18)14(19)8-12/h5-6,8,10-11H,2-4,7,9H2,1H3. The predicted molar refractivity (Wildman–Crippen MR) is 96.5 cm³/mol. The monoisotopic (exact) mass is 368 g/mol. The van der Waals surface area contributed by atoms with Crippen LogP contribution in [0.4, 0.5) is 0 Å². The van der Waals surface area contributed by atoms with Crippen LogP contribution < -0.4 is 0 Å². The van der Waals surface area contributed by atoms with Crippen molar-refractivity contribution >= 4 is 40.4 Å². The number of aromatic nitrogens is 1. The summed E-state index contributed by atoms with van der Waals surface area (Å²) in [5, 5.41) is 3.63. The first-order valence-electron chi connectivity index (χ1n) is 7.78. The minimum absolute atomic E-state index is 0.0290. The van der Waals surface area contributed by atoms with Crippen molar-refractivity contribution < 1.29 is 4.79 Å². The van der Waals surface area contributed by atoms with E-state index in [0.717, 1.165) is 30.1 Å². The molecule has 3 rings (SSSR count). The SMILES string of the molecule is CCCN(CC1CC1)C(=O)c1csc(-c2ccc(Cl)c(Cl)c2)n1. The molecule has 0 aliphatic heterocycles. The van der Waals surface area contributed by atoms with Gasteiger partial charge in [0.1, 0.15) is 10.7 Å². The molecular formula is C17H18Cl2N2OS. The molecule has 1 amide bonds. The summed E-state index contributed by atoms with van der Waals surface area (Å²) >= 11 is 13.5. The molecule has 1 saturated carbocycles. The Balaban J connectivity index is 1.79. The molecule has 0 radical (unpaired) electrons. The van der Waals surface area contributed by atoms with Crippen LogP contribution in [0.2, 0.25) is 10.0 Å². The van der Waals surface area contributed by atoms with Gasteiger partial charge in [-0.1, -0.05) is 36.2 Å². The average molecular weight is 369 g/mol. The lowest BCUT2D eigenvalue weighted by Gasteiger charge is -2.20. The lowest BCUT2D eigenvalue weighted by atomic mass is 10.2. The minimum Gasteiger partial charge on any atom is -0.337 e. The Bertz CT molecular complexity index is 712. The molecular weight excluding hydrogens is 351 g/mol. The number of halogens is 2. The number of hydrogen-bond acceptors (Lipinski definition) is 3. The highest BCUT2D eigenvalue weighted by atomic mass is 35.5. The highest BCUT2D eigenvalue weighted by Crippen LogP contribution is 2.32.